The van der Waals surface area contributed by atoms with Gasteiger partial charge in [0.15, 0.2) is 5.82 Å². The summed E-state index contributed by atoms with van der Waals surface area (Å²) in [6, 6.07) is 6.14. The van der Waals surface area contributed by atoms with Gasteiger partial charge in [0.2, 0.25) is 5.91 Å². The molecule has 1 spiro atoms. The summed E-state index contributed by atoms with van der Waals surface area (Å²) in [6.45, 7) is 0.0283. The zero-order valence-electron chi connectivity index (χ0n) is 16.4. The van der Waals surface area contributed by atoms with Crippen LogP contribution in [0.15, 0.2) is 36.7 Å². The average molecular weight is 409 g/mol. The van der Waals surface area contributed by atoms with E-state index in [0.717, 1.165) is 24.2 Å². The van der Waals surface area contributed by atoms with Crippen LogP contribution in [0.4, 0.5) is 10.5 Å². The first-order valence-corrected chi connectivity index (χ1v) is 10.0. The van der Waals surface area contributed by atoms with E-state index in [4.69, 9.17) is 0 Å². The molecule has 0 unspecified atom stereocenters. The summed E-state index contributed by atoms with van der Waals surface area (Å²) in [7, 11) is 0. The van der Waals surface area contributed by atoms with E-state index < -0.39 is 11.6 Å². The first-order chi connectivity index (χ1) is 14.5. The summed E-state index contributed by atoms with van der Waals surface area (Å²) in [5.41, 5.74) is 0.286. The standard InChI is InChI=1S/C21H23N5O4/c27-16-6-4-5-14(11-16)18-22-12-15(13-23-18)24-17(28)7-10-26-19(29)21(25-20(26)30)8-2-1-3-9-21/h4-6,11-13,27H,1-3,7-10H2,(H,24,28)(H,25,30). The fourth-order valence-corrected chi connectivity index (χ4v) is 4.00. The molecule has 1 aliphatic heterocycles. The number of carbonyl (C=O) groups is 3. The van der Waals surface area contributed by atoms with Gasteiger partial charge in [-0.2, -0.15) is 0 Å². The van der Waals surface area contributed by atoms with Crippen molar-refractivity contribution in [1.82, 2.24) is 20.2 Å². The minimum Gasteiger partial charge on any atom is -0.508 e. The van der Waals surface area contributed by atoms with E-state index in [1.807, 2.05) is 0 Å². The van der Waals surface area contributed by atoms with Crippen LogP contribution in [0.3, 0.4) is 0 Å². The topological polar surface area (TPSA) is 125 Å². The maximum atomic E-state index is 12.7. The number of aromatic hydroxyl groups is 1. The van der Waals surface area contributed by atoms with Crippen LogP contribution in [-0.2, 0) is 9.59 Å². The van der Waals surface area contributed by atoms with Gasteiger partial charge in [-0.15, -0.1) is 0 Å². The second-order valence-electron chi connectivity index (χ2n) is 7.67. The number of hydrogen-bond acceptors (Lipinski definition) is 6. The van der Waals surface area contributed by atoms with Crippen LogP contribution >= 0.6 is 0 Å². The lowest BCUT2D eigenvalue weighted by Gasteiger charge is -2.30. The number of nitrogens with one attached hydrogen (secondary N) is 2. The Morgan fingerprint density at radius 2 is 1.90 bits per heavy atom. The van der Waals surface area contributed by atoms with Crippen molar-refractivity contribution in [2.24, 2.45) is 0 Å². The third kappa shape index (κ3) is 3.96. The molecule has 3 N–H and O–H groups in total. The molecule has 2 aromatic rings. The van der Waals surface area contributed by atoms with Gasteiger partial charge in [-0.1, -0.05) is 31.4 Å². The summed E-state index contributed by atoms with van der Waals surface area (Å²) in [4.78, 5) is 46.8. The molecule has 4 rings (SSSR count). The molecule has 0 bridgehead atoms. The number of amides is 4. The van der Waals surface area contributed by atoms with Crippen molar-refractivity contribution in [3.63, 3.8) is 0 Å². The Kier molecular flexibility index (Phi) is 5.35. The van der Waals surface area contributed by atoms with Crippen LogP contribution in [-0.4, -0.2) is 49.9 Å². The number of benzene rings is 1. The molecule has 2 heterocycles. The normalized spacial score (nSPS) is 17.8. The summed E-state index contributed by atoms with van der Waals surface area (Å²) in [5, 5.41) is 15.1. The van der Waals surface area contributed by atoms with Gasteiger partial charge in [-0.3, -0.25) is 14.5 Å². The van der Waals surface area contributed by atoms with Crippen molar-refractivity contribution in [3.8, 4) is 17.1 Å². The highest BCUT2D eigenvalue weighted by Gasteiger charge is 2.51. The molecule has 0 radical (unpaired) electrons. The Morgan fingerprint density at radius 3 is 2.60 bits per heavy atom. The Labute approximate surface area is 173 Å². The highest BCUT2D eigenvalue weighted by Crippen LogP contribution is 2.33. The van der Waals surface area contributed by atoms with Gasteiger partial charge in [-0.25, -0.2) is 14.8 Å². The van der Waals surface area contributed by atoms with E-state index in [0.29, 0.717) is 29.9 Å². The van der Waals surface area contributed by atoms with E-state index in [1.54, 1.807) is 24.3 Å². The number of nitrogens with zero attached hydrogens (tertiary/aromatic N) is 3. The number of phenols is 1. The van der Waals surface area contributed by atoms with Crippen LogP contribution in [0.5, 0.6) is 5.75 Å². The fourth-order valence-electron chi connectivity index (χ4n) is 4.00. The Balaban J connectivity index is 1.33. The molecule has 9 nitrogen and oxygen atoms in total. The van der Waals surface area contributed by atoms with Crippen molar-refractivity contribution in [2.45, 2.75) is 44.1 Å². The molecular formula is C21H23N5O4. The maximum Gasteiger partial charge on any atom is 0.325 e. The molecule has 1 saturated carbocycles. The highest BCUT2D eigenvalue weighted by molar-refractivity contribution is 6.07. The van der Waals surface area contributed by atoms with Gasteiger partial charge in [0.1, 0.15) is 11.3 Å². The lowest BCUT2D eigenvalue weighted by Crippen LogP contribution is -2.48. The SMILES string of the molecule is O=C(CCN1C(=O)NC2(CCCCC2)C1=O)Nc1cnc(-c2cccc(O)c2)nc1. The van der Waals surface area contributed by atoms with Crippen LogP contribution in [0, 0.1) is 0 Å². The van der Waals surface area contributed by atoms with Gasteiger partial charge in [0, 0.05) is 18.5 Å². The van der Waals surface area contributed by atoms with Gasteiger partial charge < -0.3 is 15.7 Å². The predicted molar refractivity (Wildman–Crippen MR) is 108 cm³/mol. The van der Waals surface area contributed by atoms with Crippen LogP contribution < -0.4 is 10.6 Å². The van der Waals surface area contributed by atoms with E-state index in [2.05, 4.69) is 20.6 Å². The Morgan fingerprint density at radius 1 is 1.17 bits per heavy atom. The number of anilines is 1. The summed E-state index contributed by atoms with van der Waals surface area (Å²) < 4.78 is 0. The summed E-state index contributed by atoms with van der Waals surface area (Å²) >= 11 is 0. The maximum absolute atomic E-state index is 12.7. The van der Waals surface area contributed by atoms with Crippen molar-refractivity contribution < 1.29 is 19.5 Å². The first-order valence-electron chi connectivity index (χ1n) is 10.0. The minimum absolute atomic E-state index is 0.0104. The zero-order valence-corrected chi connectivity index (χ0v) is 16.4. The van der Waals surface area contributed by atoms with E-state index >= 15 is 0 Å². The monoisotopic (exact) mass is 409 g/mol. The molecule has 30 heavy (non-hydrogen) atoms. The molecule has 9 heteroatoms. The van der Waals surface area contributed by atoms with Crippen LogP contribution in [0.2, 0.25) is 0 Å². The summed E-state index contributed by atoms with van der Waals surface area (Å²) in [6.07, 6.45) is 7.14. The molecule has 1 aromatic carbocycles. The van der Waals surface area contributed by atoms with Crippen molar-refractivity contribution >= 4 is 23.5 Å². The smallest absolute Gasteiger partial charge is 0.325 e. The third-order valence-corrected chi connectivity index (χ3v) is 5.56. The molecule has 1 aliphatic carbocycles. The van der Waals surface area contributed by atoms with Crippen molar-refractivity contribution in [2.75, 3.05) is 11.9 Å². The molecule has 0 atom stereocenters. The second kappa shape index (κ2) is 8.10. The minimum atomic E-state index is -0.776. The van der Waals surface area contributed by atoms with Gasteiger partial charge >= 0.3 is 6.03 Å². The van der Waals surface area contributed by atoms with Crippen LogP contribution in [0.25, 0.3) is 11.4 Å². The lowest BCUT2D eigenvalue weighted by molar-refractivity contribution is -0.132. The van der Waals surface area contributed by atoms with Crippen molar-refractivity contribution in [1.29, 1.82) is 0 Å². The van der Waals surface area contributed by atoms with Gasteiger partial charge in [0.25, 0.3) is 5.91 Å². The number of urea groups is 1. The number of carbonyl (C=O) groups excluding carboxylic acids is 3. The third-order valence-electron chi connectivity index (χ3n) is 5.56. The molecule has 156 valence electrons. The van der Waals surface area contributed by atoms with Gasteiger partial charge in [0.05, 0.1) is 18.1 Å². The second-order valence-corrected chi connectivity index (χ2v) is 7.67. The van der Waals surface area contributed by atoms with Gasteiger partial charge in [-0.05, 0) is 25.0 Å². The lowest BCUT2D eigenvalue weighted by atomic mass is 9.82. The quantitative estimate of drug-likeness (QED) is 0.652. The van der Waals surface area contributed by atoms with E-state index in [1.165, 1.54) is 12.4 Å². The van der Waals surface area contributed by atoms with E-state index in [-0.39, 0.29) is 30.5 Å². The number of hydrogen-bond donors (Lipinski definition) is 3. The average Bonchev–Trinajstić information content (AvgIpc) is 2.96. The molecule has 4 amide bonds. The molecule has 2 aliphatic rings. The highest BCUT2D eigenvalue weighted by atomic mass is 16.3. The van der Waals surface area contributed by atoms with Crippen molar-refractivity contribution in [3.05, 3.63) is 36.7 Å². The molecule has 1 saturated heterocycles. The fraction of sp³-hybridized carbons (Fsp3) is 0.381. The molecule has 2 fully saturated rings. The number of imide groups is 1. The zero-order chi connectivity index (χ0) is 21.1. The van der Waals surface area contributed by atoms with Crippen LogP contribution in [0.1, 0.15) is 38.5 Å². The number of rotatable bonds is 5. The molecule has 1 aromatic heterocycles. The number of phenolic OH excluding ortho intramolecular Hbond substituents is 1. The van der Waals surface area contributed by atoms with E-state index in [9.17, 15) is 19.5 Å². The first kappa shape index (κ1) is 19.8. The summed E-state index contributed by atoms with van der Waals surface area (Å²) in [5.74, 6) is -0.0299. The number of aromatic nitrogens is 2. The predicted octanol–water partition coefficient (Wildman–Crippen LogP) is 2.43. The Bertz CT molecular complexity index is 970. The largest absolute Gasteiger partial charge is 0.508 e. The molecular weight excluding hydrogens is 386 g/mol. The Hall–Kier alpha value is -3.49.